The third kappa shape index (κ3) is 5.51. The molecular formula is C18H25NO2. The molecular weight excluding hydrogens is 262 g/mol. The van der Waals surface area contributed by atoms with Crippen LogP contribution in [0.1, 0.15) is 30.4 Å². The first-order chi connectivity index (χ1) is 10.3. The number of benzene rings is 1. The molecule has 1 aliphatic rings. The summed E-state index contributed by atoms with van der Waals surface area (Å²) in [6.45, 7) is 3.96. The van der Waals surface area contributed by atoms with E-state index in [0.29, 0.717) is 6.42 Å². The lowest BCUT2D eigenvalue weighted by atomic mass is 9.99. The van der Waals surface area contributed by atoms with E-state index < -0.39 is 0 Å². The van der Waals surface area contributed by atoms with Crippen LogP contribution in [-0.4, -0.2) is 43.4 Å². The van der Waals surface area contributed by atoms with Gasteiger partial charge >= 0.3 is 0 Å². The van der Waals surface area contributed by atoms with Crippen LogP contribution in [-0.2, 0) is 11.3 Å². The first-order valence-electron chi connectivity index (χ1n) is 7.73. The molecule has 1 fully saturated rings. The van der Waals surface area contributed by atoms with Crippen LogP contribution in [0.5, 0.6) is 0 Å². The number of ether oxygens (including phenoxy) is 1. The van der Waals surface area contributed by atoms with Gasteiger partial charge in [-0.2, -0.15) is 0 Å². The molecule has 3 nitrogen and oxygen atoms in total. The van der Waals surface area contributed by atoms with Crippen LogP contribution >= 0.6 is 0 Å². The highest BCUT2D eigenvalue weighted by molar-refractivity contribution is 5.41. The van der Waals surface area contributed by atoms with Crippen molar-refractivity contribution in [1.82, 2.24) is 4.90 Å². The first-order valence-corrected chi connectivity index (χ1v) is 7.73. The number of hydrogen-bond acceptors (Lipinski definition) is 3. The van der Waals surface area contributed by atoms with Gasteiger partial charge < -0.3 is 14.7 Å². The molecule has 0 spiro atoms. The van der Waals surface area contributed by atoms with Crippen molar-refractivity contribution in [2.24, 2.45) is 5.92 Å². The molecule has 0 unspecified atom stereocenters. The highest BCUT2D eigenvalue weighted by Crippen LogP contribution is 2.17. The third-order valence-electron chi connectivity index (χ3n) is 3.83. The molecule has 1 N–H and O–H groups in total. The fraction of sp³-hybridized carbons (Fsp3) is 0.556. The Kier molecular flexibility index (Phi) is 6.75. The fourth-order valence-corrected chi connectivity index (χ4v) is 2.72. The number of aliphatic hydroxyl groups excluding tert-OH is 1. The van der Waals surface area contributed by atoms with Gasteiger partial charge in [-0.15, -0.1) is 0 Å². The van der Waals surface area contributed by atoms with Crippen LogP contribution in [0.3, 0.4) is 0 Å². The second-order valence-electron chi connectivity index (χ2n) is 5.69. The van der Waals surface area contributed by atoms with E-state index in [9.17, 15) is 0 Å². The summed E-state index contributed by atoms with van der Waals surface area (Å²) in [5.74, 6) is 6.92. The normalized spacial score (nSPS) is 15.8. The average Bonchev–Trinajstić information content (AvgIpc) is 2.50. The maximum Gasteiger partial charge on any atom is 0.0540 e. The number of aliphatic hydroxyl groups is 1. The van der Waals surface area contributed by atoms with E-state index in [4.69, 9.17) is 9.84 Å². The van der Waals surface area contributed by atoms with Gasteiger partial charge in [-0.25, -0.2) is 0 Å². The number of rotatable bonds is 5. The predicted octanol–water partition coefficient (Wildman–Crippen LogP) is 2.28. The summed E-state index contributed by atoms with van der Waals surface area (Å²) in [5.41, 5.74) is 2.34. The van der Waals surface area contributed by atoms with Gasteiger partial charge in [0.2, 0.25) is 0 Å². The molecule has 0 radical (unpaired) electrons. The molecule has 2 rings (SSSR count). The summed E-state index contributed by atoms with van der Waals surface area (Å²) < 4.78 is 5.42. The average molecular weight is 287 g/mol. The summed E-state index contributed by atoms with van der Waals surface area (Å²) in [6.07, 6.45) is 2.87. The maximum absolute atomic E-state index is 8.82. The van der Waals surface area contributed by atoms with Crippen LogP contribution in [0.25, 0.3) is 0 Å². The molecule has 1 heterocycles. The van der Waals surface area contributed by atoms with Crippen LogP contribution in [0, 0.1) is 17.8 Å². The molecule has 0 atom stereocenters. The summed E-state index contributed by atoms with van der Waals surface area (Å²) in [4.78, 5) is 2.38. The lowest BCUT2D eigenvalue weighted by Gasteiger charge is -2.27. The van der Waals surface area contributed by atoms with E-state index in [0.717, 1.165) is 37.8 Å². The largest absolute Gasteiger partial charge is 0.395 e. The zero-order valence-corrected chi connectivity index (χ0v) is 12.8. The molecule has 1 aromatic carbocycles. The van der Waals surface area contributed by atoms with Gasteiger partial charge in [0.1, 0.15) is 0 Å². The van der Waals surface area contributed by atoms with Crippen molar-refractivity contribution < 1.29 is 9.84 Å². The van der Waals surface area contributed by atoms with Gasteiger partial charge in [-0.1, -0.05) is 30.0 Å². The minimum absolute atomic E-state index is 0.124. The summed E-state index contributed by atoms with van der Waals surface area (Å²) >= 11 is 0. The highest BCUT2D eigenvalue weighted by atomic mass is 16.5. The molecule has 1 aromatic rings. The van der Waals surface area contributed by atoms with Crippen molar-refractivity contribution in [2.75, 3.05) is 33.4 Å². The van der Waals surface area contributed by atoms with E-state index in [-0.39, 0.29) is 6.61 Å². The van der Waals surface area contributed by atoms with Crippen molar-refractivity contribution in [1.29, 1.82) is 0 Å². The van der Waals surface area contributed by atoms with Crippen molar-refractivity contribution in [3.63, 3.8) is 0 Å². The Labute approximate surface area is 127 Å². The second kappa shape index (κ2) is 8.84. The Balaban J connectivity index is 1.93. The molecule has 3 heteroatoms. The first kappa shape index (κ1) is 16.0. The Morgan fingerprint density at radius 1 is 1.29 bits per heavy atom. The van der Waals surface area contributed by atoms with Gasteiger partial charge in [0.05, 0.1) is 6.61 Å². The summed E-state index contributed by atoms with van der Waals surface area (Å²) in [5, 5.41) is 8.82. The molecule has 0 aliphatic carbocycles. The zero-order chi connectivity index (χ0) is 14.9. The monoisotopic (exact) mass is 287 g/mol. The highest BCUT2D eigenvalue weighted by Gasteiger charge is 2.16. The Bertz CT molecular complexity index is 483. The molecule has 114 valence electrons. The van der Waals surface area contributed by atoms with Crippen molar-refractivity contribution in [3.05, 3.63) is 35.4 Å². The Hall–Kier alpha value is -1.34. The minimum Gasteiger partial charge on any atom is -0.395 e. The molecule has 0 amide bonds. The van der Waals surface area contributed by atoms with Gasteiger partial charge in [-0.05, 0) is 37.4 Å². The van der Waals surface area contributed by atoms with E-state index in [2.05, 4.69) is 42.0 Å². The molecule has 21 heavy (non-hydrogen) atoms. The summed E-state index contributed by atoms with van der Waals surface area (Å²) in [7, 11) is 2.17. The van der Waals surface area contributed by atoms with Crippen LogP contribution in [0.4, 0.5) is 0 Å². The zero-order valence-electron chi connectivity index (χ0n) is 12.8. The number of nitrogens with zero attached hydrogens (tertiary/aromatic N) is 1. The van der Waals surface area contributed by atoms with Gasteiger partial charge in [-0.3, -0.25) is 0 Å². The molecule has 0 saturated carbocycles. The number of hydrogen-bond donors (Lipinski definition) is 1. The molecule has 0 bridgehead atoms. The van der Waals surface area contributed by atoms with Crippen LogP contribution in [0.2, 0.25) is 0 Å². The SMILES string of the molecule is CN(Cc1ccccc1C#CCCO)CC1CCOCC1. The molecule has 1 aliphatic heterocycles. The smallest absolute Gasteiger partial charge is 0.0540 e. The second-order valence-corrected chi connectivity index (χ2v) is 5.69. The van der Waals surface area contributed by atoms with Crippen LogP contribution in [0.15, 0.2) is 24.3 Å². The van der Waals surface area contributed by atoms with Gasteiger partial charge in [0.25, 0.3) is 0 Å². The predicted molar refractivity (Wildman–Crippen MR) is 84.9 cm³/mol. The standard InChI is InChI=1S/C18H25NO2/c1-19(14-16-9-12-21-13-10-16)15-18-8-3-2-6-17(18)7-4-5-11-20/h2-3,6,8,16,20H,5,9-15H2,1H3. The summed E-state index contributed by atoms with van der Waals surface area (Å²) in [6, 6.07) is 8.28. The lowest BCUT2D eigenvalue weighted by molar-refractivity contribution is 0.0549. The lowest BCUT2D eigenvalue weighted by Crippen LogP contribution is -2.29. The molecule has 0 aromatic heterocycles. The Morgan fingerprint density at radius 2 is 2.05 bits per heavy atom. The van der Waals surface area contributed by atoms with Crippen molar-refractivity contribution in [2.45, 2.75) is 25.8 Å². The Morgan fingerprint density at radius 3 is 2.81 bits per heavy atom. The van der Waals surface area contributed by atoms with Gasteiger partial charge in [0.15, 0.2) is 0 Å². The van der Waals surface area contributed by atoms with E-state index in [1.54, 1.807) is 0 Å². The van der Waals surface area contributed by atoms with E-state index in [1.165, 1.54) is 18.4 Å². The van der Waals surface area contributed by atoms with E-state index in [1.807, 2.05) is 6.07 Å². The van der Waals surface area contributed by atoms with Gasteiger partial charge in [0, 0.05) is 38.3 Å². The third-order valence-corrected chi connectivity index (χ3v) is 3.83. The fourth-order valence-electron chi connectivity index (χ4n) is 2.72. The maximum atomic E-state index is 8.82. The quantitative estimate of drug-likeness (QED) is 0.843. The minimum atomic E-state index is 0.124. The van der Waals surface area contributed by atoms with Crippen LogP contribution < -0.4 is 0 Å². The van der Waals surface area contributed by atoms with Crippen molar-refractivity contribution in [3.8, 4) is 11.8 Å². The van der Waals surface area contributed by atoms with E-state index >= 15 is 0 Å². The van der Waals surface area contributed by atoms with Crippen molar-refractivity contribution >= 4 is 0 Å². The topological polar surface area (TPSA) is 32.7 Å². The molecule has 1 saturated heterocycles.